The van der Waals surface area contributed by atoms with Crippen molar-refractivity contribution in [2.24, 2.45) is 0 Å². The topological polar surface area (TPSA) is 112 Å². The molecule has 1 fully saturated rings. The minimum Gasteiger partial charge on any atom is -0.396 e. The number of anilines is 2. The molecule has 0 radical (unpaired) electrons. The van der Waals surface area contributed by atoms with Gasteiger partial charge in [0, 0.05) is 0 Å². The second-order valence-corrected chi connectivity index (χ2v) is 3.94. The average molecular weight is 245 g/mol. The van der Waals surface area contributed by atoms with Crippen LogP contribution in [0.15, 0.2) is 12.1 Å². The van der Waals surface area contributed by atoms with Crippen LogP contribution in [-0.4, -0.2) is 29.4 Å². The highest BCUT2D eigenvalue weighted by Gasteiger charge is 2.31. The van der Waals surface area contributed by atoms with E-state index in [1.807, 2.05) is 6.07 Å². The molecule has 1 aromatic rings. The van der Waals surface area contributed by atoms with E-state index in [1.54, 1.807) is 13.0 Å². The molecular weight excluding hydrogens is 234 g/mol. The third-order valence-corrected chi connectivity index (χ3v) is 2.74. The lowest BCUT2D eigenvalue weighted by Crippen LogP contribution is -2.57. The Morgan fingerprint density at radius 1 is 1.56 bits per heavy atom. The van der Waals surface area contributed by atoms with Crippen LogP contribution >= 0.6 is 0 Å². The van der Waals surface area contributed by atoms with Gasteiger partial charge in [-0.3, -0.25) is 14.9 Å². The molecule has 0 saturated carbocycles. The normalized spacial score (nSPS) is 19.3. The Hall–Kier alpha value is -2.62. The number of nitrogens with one attached hydrogen (secondary N) is 1. The summed E-state index contributed by atoms with van der Waals surface area (Å²) in [4.78, 5) is 28.4. The fourth-order valence-electron chi connectivity index (χ4n) is 1.70. The minimum atomic E-state index is -0.523. The Morgan fingerprint density at radius 3 is 2.94 bits per heavy atom. The number of nitrogen functional groups attached to an aromatic ring is 1. The largest absolute Gasteiger partial charge is 0.396 e. The van der Waals surface area contributed by atoms with Gasteiger partial charge in [-0.05, 0) is 19.1 Å². The molecule has 0 aliphatic carbocycles. The van der Waals surface area contributed by atoms with Gasteiger partial charge in [0.25, 0.3) is 0 Å². The molecule has 0 bridgehead atoms. The summed E-state index contributed by atoms with van der Waals surface area (Å²) >= 11 is 0. The zero-order valence-electron chi connectivity index (χ0n) is 9.67. The first-order valence-corrected chi connectivity index (χ1v) is 5.30. The first kappa shape index (κ1) is 11.9. The molecule has 0 aromatic carbocycles. The predicted molar refractivity (Wildman–Crippen MR) is 63.3 cm³/mol. The summed E-state index contributed by atoms with van der Waals surface area (Å²) in [5, 5.41) is 11.1. The first-order valence-electron chi connectivity index (χ1n) is 5.30. The summed E-state index contributed by atoms with van der Waals surface area (Å²) in [5.74, 6) is -0.393. The Bertz CT molecular complexity index is 563. The number of carbonyl (C=O) groups is 2. The van der Waals surface area contributed by atoms with Crippen molar-refractivity contribution in [3.05, 3.63) is 17.8 Å². The van der Waals surface area contributed by atoms with Gasteiger partial charge < -0.3 is 10.6 Å². The van der Waals surface area contributed by atoms with E-state index in [0.717, 1.165) is 0 Å². The number of hydrogen-bond donors (Lipinski definition) is 2. The van der Waals surface area contributed by atoms with Crippen molar-refractivity contribution in [3.8, 4) is 6.07 Å². The van der Waals surface area contributed by atoms with Crippen LogP contribution < -0.4 is 16.0 Å². The molecule has 1 aliphatic heterocycles. The fourth-order valence-corrected chi connectivity index (χ4v) is 1.70. The van der Waals surface area contributed by atoms with Crippen molar-refractivity contribution < 1.29 is 9.59 Å². The average Bonchev–Trinajstić information content (AvgIpc) is 2.34. The number of rotatable bonds is 1. The molecule has 0 spiro atoms. The van der Waals surface area contributed by atoms with E-state index in [1.165, 1.54) is 11.0 Å². The van der Waals surface area contributed by atoms with Gasteiger partial charge in [0.2, 0.25) is 11.8 Å². The van der Waals surface area contributed by atoms with Gasteiger partial charge in [-0.2, -0.15) is 5.26 Å². The maximum atomic E-state index is 11.5. The number of nitrogens with zero attached hydrogens (tertiary/aromatic N) is 3. The number of nitrogens with two attached hydrogens (primary N) is 1. The summed E-state index contributed by atoms with van der Waals surface area (Å²) in [6.45, 7) is 1.68. The van der Waals surface area contributed by atoms with Crippen molar-refractivity contribution >= 4 is 23.3 Å². The highest BCUT2D eigenvalue weighted by molar-refractivity contribution is 6.04. The number of amides is 2. The number of piperazine rings is 1. The summed E-state index contributed by atoms with van der Waals surface area (Å²) in [7, 11) is 0. The van der Waals surface area contributed by atoms with E-state index < -0.39 is 11.9 Å². The van der Waals surface area contributed by atoms with Crippen LogP contribution in [0.3, 0.4) is 0 Å². The van der Waals surface area contributed by atoms with E-state index in [2.05, 4.69) is 10.3 Å². The van der Waals surface area contributed by atoms with Gasteiger partial charge in [0.15, 0.2) is 5.69 Å². The highest BCUT2D eigenvalue weighted by atomic mass is 16.2. The van der Waals surface area contributed by atoms with Crippen LogP contribution in [0.25, 0.3) is 0 Å². The molecule has 2 heterocycles. The Morgan fingerprint density at radius 2 is 2.28 bits per heavy atom. The standard InChI is InChI=1S/C11H11N5O2/c1-6-11(18)15-10(17)5-16(6)9-3-2-7(13)8(4-12)14-9/h2-3,6H,5,13H2,1H3,(H,15,17,18). The van der Waals surface area contributed by atoms with Crippen molar-refractivity contribution in [3.63, 3.8) is 0 Å². The van der Waals surface area contributed by atoms with Crippen LogP contribution in [0.1, 0.15) is 12.6 Å². The third kappa shape index (κ3) is 1.96. The van der Waals surface area contributed by atoms with E-state index >= 15 is 0 Å². The van der Waals surface area contributed by atoms with E-state index in [0.29, 0.717) is 5.82 Å². The van der Waals surface area contributed by atoms with Crippen molar-refractivity contribution in [2.45, 2.75) is 13.0 Å². The van der Waals surface area contributed by atoms with Gasteiger partial charge in [-0.15, -0.1) is 0 Å². The molecule has 7 heteroatoms. The fraction of sp³-hybridized carbons (Fsp3) is 0.273. The molecule has 1 aromatic heterocycles. The van der Waals surface area contributed by atoms with Crippen LogP contribution in [0.4, 0.5) is 11.5 Å². The van der Waals surface area contributed by atoms with E-state index in [4.69, 9.17) is 11.0 Å². The zero-order valence-corrected chi connectivity index (χ0v) is 9.67. The van der Waals surface area contributed by atoms with Gasteiger partial charge in [-0.25, -0.2) is 4.98 Å². The number of nitriles is 1. The number of aromatic nitrogens is 1. The van der Waals surface area contributed by atoms with Crippen molar-refractivity contribution in [1.82, 2.24) is 10.3 Å². The van der Waals surface area contributed by atoms with Crippen LogP contribution in [0.5, 0.6) is 0 Å². The number of pyridine rings is 1. The molecule has 1 atom stereocenters. The van der Waals surface area contributed by atoms with Crippen molar-refractivity contribution in [2.75, 3.05) is 17.2 Å². The predicted octanol–water partition coefficient (Wildman–Crippen LogP) is -0.613. The molecule has 2 rings (SSSR count). The number of carbonyl (C=O) groups excluding carboxylic acids is 2. The number of imide groups is 1. The first-order chi connectivity index (χ1) is 8.52. The molecular formula is C11H11N5O2. The Balaban J connectivity index is 2.39. The Kier molecular flexibility index (Phi) is 2.85. The lowest BCUT2D eigenvalue weighted by atomic mass is 10.2. The Labute approximate surface area is 103 Å². The van der Waals surface area contributed by atoms with Gasteiger partial charge in [-0.1, -0.05) is 0 Å². The zero-order chi connectivity index (χ0) is 13.3. The maximum absolute atomic E-state index is 11.5. The molecule has 2 amide bonds. The quantitative estimate of drug-likeness (QED) is 0.638. The SMILES string of the molecule is CC1C(=O)NC(=O)CN1c1ccc(N)c(C#N)n1. The summed E-state index contributed by atoms with van der Waals surface area (Å²) in [5.41, 5.74) is 5.92. The maximum Gasteiger partial charge on any atom is 0.249 e. The van der Waals surface area contributed by atoms with Gasteiger partial charge in [0.05, 0.1) is 12.2 Å². The van der Waals surface area contributed by atoms with Crippen LogP contribution in [0.2, 0.25) is 0 Å². The second-order valence-electron chi connectivity index (χ2n) is 3.94. The molecule has 7 nitrogen and oxygen atoms in total. The lowest BCUT2D eigenvalue weighted by molar-refractivity contribution is -0.132. The summed E-state index contributed by atoms with van der Waals surface area (Å²) < 4.78 is 0. The van der Waals surface area contributed by atoms with Crippen LogP contribution in [0, 0.1) is 11.3 Å². The van der Waals surface area contributed by atoms with Crippen molar-refractivity contribution in [1.29, 1.82) is 5.26 Å². The summed E-state index contributed by atoms with van der Waals surface area (Å²) in [6, 6.07) is 4.46. The van der Waals surface area contributed by atoms with E-state index in [-0.39, 0.29) is 23.8 Å². The molecule has 18 heavy (non-hydrogen) atoms. The second kappa shape index (κ2) is 4.33. The smallest absolute Gasteiger partial charge is 0.249 e. The lowest BCUT2D eigenvalue weighted by Gasteiger charge is -2.32. The van der Waals surface area contributed by atoms with Crippen LogP contribution in [-0.2, 0) is 9.59 Å². The van der Waals surface area contributed by atoms with E-state index in [9.17, 15) is 9.59 Å². The van der Waals surface area contributed by atoms with Gasteiger partial charge >= 0.3 is 0 Å². The minimum absolute atomic E-state index is 0.0225. The molecule has 3 N–H and O–H groups in total. The monoisotopic (exact) mass is 245 g/mol. The van der Waals surface area contributed by atoms with Gasteiger partial charge in [0.1, 0.15) is 17.9 Å². The molecule has 1 saturated heterocycles. The summed E-state index contributed by atoms with van der Waals surface area (Å²) in [6.07, 6.45) is 0. The number of hydrogen-bond acceptors (Lipinski definition) is 6. The molecule has 1 unspecified atom stereocenters. The highest BCUT2D eigenvalue weighted by Crippen LogP contribution is 2.19. The molecule has 92 valence electrons. The molecule has 1 aliphatic rings. The third-order valence-electron chi connectivity index (χ3n) is 2.74.